The van der Waals surface area contributed by atoms with Gasteiger partial charge in [-0.05, 0) is 72.4 Å². The SMILES string of the molecule is Cc1ccc(-c2[c-]cccc2)nc1.Cc1cnc(-c2[c-]ccc3c4cccc5c6cc7c(cc6n(c23)c54)c2cccc3c4ccccc4n7c32)cc1C.[Ir]. The number of fused-ring (bicyclic) bond motifs is 12. The first-order valence-electron chi connectivity index (χ1n) is 18.1. The summed E-state index contributed by atoms with van der Waals surface area (Å²) in [4.78, 5) is 9.18. The van der Waals surface area contributed by atoms with Crippen molar-refractivity contribution in [2.45, 2.75) is 20.8 Å². The normalized spacial score (nSPS) is 11.8. The fraction of sp³-hybridized carbons (Fsp3) is 0.0612. The van der Waals surface area contributed by atoms with Crippen LogP contribution in [0.1, 0.15) is 16.7 Å². The standard InChI is InChI=1S/C37H22N3.C12H10N.Ir/c1-20-16-31(38-19-21(20)2)28-14-7-11-25-24-10-6-13-27-30-17-33-29(18-34(30)40(36(24)27)37(25)28)26-12-5-9-23-22-8-3-4-15-32(22)39(33)35(23)26;1-10-7-8-12(13-9-10)11-5-3-2-4-6-11;/h3-13,15-19H,1-2H3;2-5,7-9H,1H3;/q2*-1;. The molecule has 6 aromatic carbocycles. The van der Waals surface area contributed by atoms with E-state index in [-0.39, 0.29) is 20.1 Å². The van der Waals surface area contributed by atoms with Crippen molar-refractivity contribution < 1.29 is 20.1 Å². The Hall–Kier alpha value is -6.13. The first-order chi connectivity index (χ1) is 26.0. The number of benzene rings is 6. The molecule has 0 aliphatic carbocycles. The van der Waals surface area contributed by atoms with Gasteiger partial charge in [-0.3, -0.25) is 0 Å². The van der Waals surface area contributed by atoms with Gasteiger partial charge in [-0.1, -0.05) is 83.7 Å². The third-order valence-electron chi connectivity index (χ3n) is 11.1. The number of rotatable bonds is 2. The Balaban J connectivity index is 0.000000220. The van der Waals surface area contributed by atoms with Gasteiger partial charge in [0.05, 0.1) is 22.1 Å². The van der Waals surface area contributed by atoms with Crippen molar-refractivity contribution in [2.24, 2.45) is 0 Å². The fourth-order valence-corrected chi connectivity index (χ4v) is 8.51. The first kappa shape index (κ1) is 32.5. The van der Waals surface area contributed by atoms with Crippen LogP contribution >= 0.6 is 0 Å². The number of aromatic nitrogens is 4. The second kappa shape index (κ2) is 12.2. The van der Waals surface area contributed by atoms with Gasteiger partial charge in [0, 0.05) is 70.3 Å². The molecule has 12 aromatic rings. The van der Waals surface area contributed by atoms with Crippen molar-refractivity contribution in [1.29, 1.82) is 0 Å². The molecule has 1 radical (unpaired) electrons. The molecule has 0 fully saturated rings. The van der Waals surface area contributed by atoms with E-state index >= 15 is 0 Å². The molecule has 259 valence electrons. The minimum absolute atomic E-state index is 0. The molecule has 0 saturated carbocycles. The molecule has 6 aromatic heterocycles. The molecule has 0 bridgehead atoms. The van der Waals surface area contributed by atoms with Gasteiger partial charge in [0.25, 0.3) is 0 Å². The van der Waals surface area contributed by atoms with Crippen molar-refractivity contribution in [3.05, 3.63) is 169 Å². The van der Waals surface area contributed by atoms with E-state index in [0.717, 1.165) is 22.5 Å². The van der Waals surface area contributed by atoms with Crippen molar-refractivity contribution in [3.63, 3.8) is 0 Å². The Kier molecular flexibility index (Phi) is 7.35. The smallest absolute Gasteiger partial charge is 0.0620 e. The van der Waals surface area contributed by atoms with Crippen molar-refractivity contribution in [1.82, 2.24) is 18.8 Å². The van der Waals surface area contributed by atoms with E-state index in [4.69, 9.17) is 4.98 Å². The maximum atomic E-state index is 4.86. The van der Waals surface area contributed by atoms with E-state index in [1.165, 1.54) is 92.9 Å². The van der Waals surface area contributed by atoms with Gasteiger partial charge in [-0.25, -0.2) is 0 Å². The fourth-order valence-electron chi connectivity index (χ4n) is 8.51. The van der Waals surface area contributed by atoms with Gasteiger partial charge in [0.2, 0.25) is 0 Å². The van der Waals surface area contributed by atoms with Gasteiger partial charge in [-0.2, -0.15) is 0 Å². The Morgan fingerprint density at radius 3 is 1.78 bits per heavy atom. The molecule has 0 saturated heterocycles. The molecule has 0 atom stereocenters. The molecular weight excluding hydrogens is 837 g/mol. The van der Waals surface area contributed by atoms with Gasteiger partial charge >= 0.3 is 0 Å². The van der Waals surface area contributed by atoms with Crippen LogP contribution in [0.4, 0.5) is 0 Å². The average molecular weight is 869 g/mol. The summed E-state index contributed by atoms with van der Waals surface area (Å²) in [7, 11) is 0. The topological polar surface area (TPSA) is 34.6 Å². The zero-order valence-corrected chi connectivity index (χ0v) is 32.3. The van der Waals surface area contributed by atoms with Gasteiger partial charge in [-0.15, -0.1) is 59.7 Å². The zero-order chi connectivity index (χ0) is 35.4. The van der Waals surface area contributed by atoms with Crippen LogP contribution in [0.5, 0.6) is 0 Å². The van der Waals surface area contributed by atoms with Crippen LogP contribution in [-0.2, 0) is 20.1 Å². The Labute approximate surface area is 325 Å². The van der Waals surface area contributed by atoms with Crippen LogP contribution in [0, 0.1) is 32.9 Å². The number of pyridine rings is 2. The summed E-state index contributed by atoms with van der Waals surface area (Å²) in [5, 5.41) is 10.3. The van der Waals surface area contributed by atoms with Crippen LogP contribution in [0.15, 0.2) is 140 Å². The van der Waals surface area contributed by atoms with Crippen molar-refractivity contribution in [2.75, 3.05) is 0 Å². The summed E-state index contributed by atoms with van der Waals surface area (Å²) >= 11 is 0. The van der Waals surface area contributed by atoms with E-state index in [1.54, 1.807) is 0 Å². The molecule has 0 aliphatic heterocycles. The molecule has 0 N–H and O–H groups in total. The van der Waals surface area contributed by atoms with Crippen molar-refractivity contribution in [3.8, 4) is 22.5 Å². The predicted octanol–water partition coefficient (Wildman–Crippen LogP) is 12.3. The minimum Gasteiger partial charge on any atom is -0.350 e. The van der Waals surface area contributed by atoms with Crippen LogP contribution in [0.3, 0.4) is 0 Å². The average Bonchev–Trinajstić information content (AvgIpc) is 3.93. The first-order valence-corrected chi connectivity index (χ1v) is 18.1. The Bertz CT molecular complexity index is 3360. The van der Waals surface area contributed by atoms with Crippen LogP contribution in [0.25, 0.3) is 98.7 Å². The maximum absolute atomic E-state index is 4.86. The number of nitrogens with zero attached hydrogens (tertiary/aromatic N) is 4. The summed E-state index contributed by atoms with van der Waals surface area (Å²) < 4.78 is 4.95. The zero-order valence-electron chi connectivity index (χ0n) is 29.9. The summed E-state index contributed by atoms with van der Waals surface area (Å²) in [5.74, 6) is 0. The Morgan fingerprint density at radius 1 is 0.444 bits per heavy atom. The molecule has 5 heteroatoms. The maximum Gasteiger partial charge on any atom is 0.0620 e. The summed E-state index contributed by atoms with van der Waals surface area (Å²) in [6, 6.07) is 52.2. The molecule has 0 amide bonds. The largest absolute Gasteiger partial charge is 0.350 e. The summed E-state index contributed by atoms with van der Waals surface area (Å²) in [6.07, 6.45) is 3.85. The van der Waals surface area contributed by atoms with Crippen LogP contribution in [0.2, 0.25) is 0 Å². The molecule has 0 unspecified atom stereocenters. The summed E-state index contributed by atoms with van der Waals surface area (Å²) in [6.45, 7) is 6.31. The van der Waals surface area contributed by atoms with Crippen LogP contribution in [-0.4, -0.2) is 18.8 Å². The second-order valence-electron chi connectivity index (χ2n) is 14.2. The molecule has 4 nitrogen and oxygen atoms in total. The number of para-hydroxylation sites is 3. The van der Waals surface area contributed by atoms with E-state index in [9.17, 15) is 0 Å². The quantitative estimate of drug-likeness (QED) is 0.162. The molecular formula is C49H32IrN4-2. The van der Waals surface area contributed by atoms with Gasteiger partial charge in [0.1, 0.15) is 0 Å². The van der Waals surface area contributed by atoms with E-state index < -0.39 is 0 Å². The van der Waals surface area contributed by atoms with E-state index in [2.05, 4.69) is 137 Å². The van der Waals surface area contributed by atoms with Crippen molar-refractivity contribution >= 4 is 76.2 Å². The molecule has 6 heterocycles. The summed E-state index contributed by atoms with van der Waals surface area (Å²) in [5.41, 5.74) is 15.2. The van der Waals surface area contributed by atoms with E-state index in [1.807, 2.05) is 49.6 Å². The third kappa shape index (κ3) is 4.59. The predicted molar refractivity (Wildman–Crippen MR) is 221 cm³/mol. The number of hydrogen-bond donors (Lipinski definition) is 0. The Morgan fingerprint density at radius 2 is 1.07 bits per heavy atom. The van der Waals surface area contributed by atoms with Gasteiger partial charge < -0.3 is 18.8 Å². The van der Waals surface area contributed by atoms with Gasteiger partial charge in [0.15, 0.2) is 0 Å². The number of hydrogen-bond acceptors (Lipinski definition) is 2. The monoisotopic (exact) mass is 869 g/mol. The van der Waals surface area contributed by atoms with E-state index in [0.29, 0.717) is 0 Å². The molecule has 0 spiro atoms. The molecule has 54 heavy (non-hydrogen) atoms. The molecule has 12 rings (SSSR count). The van der Waals surface area contributed by atoms with Crippen LogP contribution < -0.4 is 0 Å². The second-order valence-corrected chi connectivity index (χ2v) is 14.2. The number of aryl methyl sites for hydroxylation is 3. The third-order valence-corrected chi connectivity index (χ3v) is 11.1. The minimum atomic E-state index is 0. The molecule has 0 aliphatic rings.